The molecular formula is C12H13NO2. The van der Waals surface area contributed by atoms with Crippen molar-refractivity contribution in [1.82, 2.24) is 0 Å². The van der Waals surface area contributed by atoms with Crippen LogP contribution in [-0.2, 0) is 0 Å². The fraction of sp³-hybridized carbons (Fsp3) is 0.250. The van der Waals surface area contributed by atoms with E-state index in [1.807, 2.05) is 43.3 Å². The number of nitrogens with zero attached hydrogens (tertiary/aromatic N) is 1. The highest BCUT2D eigenvalue weighted by Crippen LogP contribution is 2.20. The topological polar surface area (TPSA) is 33.5 Å². The van der Waals surface area contributed by atoms with Crippen molar-refractivity contribution in [2.45, 2.75) is 6.92 Å². The molecule has 0 aliphatic carbocycles. The van der Waals surface area contributed by atoms with E-state index in [0.717, 1.165) is 11.1 Å². The Kier molecular flexibility index (Phi) is 2.23. The van der Waals surface area contributed by atoms with Gasteiger partial charge in [-0.25, -0.2) is 4.79 Å². The maximum absolute atomic E-state index is 11.3. The van der Waals surface area contributed by atoms with Crippen LogP contribution in [0.5, 0.6) is 0 Å². The van der Waals surface area contributed by atoms with Gasteiger partial charge < -0.3 is 9.32 Å². The minimum atomic E-state index is -0.264. The Balaban J connectivity index is 2.72. The second-order valence-electron chi connectivity index (χ2n) is 3.83. The minimum Gasteiger partial charge on any atom is -0.423 e. The molecule has 0 aliphatic heterocycles. The predicted octanol–water partition coefficient (Wildman–Crippen LogP) is 2.17. The van der Waals surface area contributed by atoms with Crippen LogP contribution >= 0.6 is 0 Å². The molecule has 1 heterocycles. The van der Waals surface area contributed by atoms with Gasteiger partial charge >= 0.3 is 5.63 Å². The lowest BCUT2D eigenvalue weighted by Gasteiger charge is -2.12. The van der Waals surface area contributed by atoms with E-state index in [0.29, 0.717) is 11.1 Å². The number of hydrogen-bond acceptors (Lipinski definition) is 3. The van der Waals surface area contributed by atoms with Gasteiger partial charge in [0.05, 0.1) is 0 Å². The molecule has 78 valence electrons. The lowest BCUT2D eigenvalue weighted by molar-refractivity contribution is 0.555. The SMILES string of the molecule is Cc1cc2cc(N(C)C)ccc2oc1=O. The second-order valence-corrected chi connectivity index (χ2v) is 3.83. The Morgan fingerprint density at radius 3 is 2.60 bits per heavy atom. The number of fused-ring (bicyclic) bond motifs is 1. The first-order chi connectivity index (χ1) is 7.08. The predicted molar refractivity (Wildman–Crippen MR) is 61.5 cm³/mol. The molecule has 0 bridgehead atoms. The molecule has 3 nitrogen and oxygen atoms in total. The third-order valence-electron chi connectivity index (χ3n) is 2.41. The molecule has 0 radical (unpaired) electrons. The van der Waals surface area contributed by atoms with E-state index in [2.05, 4.69) is 0 Å². The monoisotopic (exact) mass is 203 g/mol. The van der Waals surface area contributed by atoms with E-state index in [1.165, 1.54) is 0 Å². The highest BCUT2D eigenvalue weighted by atomic mass is 16.4. The lowest BCUT2D eigenvalue weighted by Crippen LogP contribution is -2.08. The molecule has 0 saturated carbocycles. The largest absolute Gasteiger partial charge is 0.423 e. The number of rotatable bonds is 1. The van der Waals surface area contributed by atoms with Crippen molar-refractivity contribution in [3.8, 4) is 0 Å². The fourth-order valence-electron chi connectivity index (χ4n) is 1.49. The molecule has 2 rings (SSSR count). The van der Waals surface area contributed by atoms with Crippen molar-refractivity contribution in [1.29, 1.82) is 0 Å². The van der Waals surface area contributed by atoms with Crippen molar-refractivity contribution in [3.63, 3.8) is 0 Å². The zero-order valence-electron chi connectivity index (χ0n) is 9.07. The molecule has 2 aromatic rings. The number of hydrogen-bond donors (Lipinski definition) is 0. The molecule has 0 aliphatic rings. The smallest absolute Gasteiger partial charge is 0.339 e. The summed E-state index contributed by atoms with van der Waals surface area (Å²) in [7, 11) is 3.96. The molecule has 1 aromatic carbocycles. The van der Waals surface area contributed by atoms with Gasteiger partial charge in [-0.15, -0.1) is 0 Å². The van der Waals surface area contributed by atoms with E-state index >= 15 is 0 Å². The first-order valence-corrected chi connectivity index (χ1v) is 4.80. The quantitative estimate of drug-likeness (QED) is 0.666. The van der Waals surface area contributed by atoms with Crippen LogP contribution in [-0.4, -0.2) is 14.1 Å². The Bertz CT molecular complexity index is 555. The molecule has 0 spiro atoms. The average molecular weight is 203 g/mol. The van der Waals surface area contributed by atoms with Crippen LogP contribution < -0.4 is 10.5 Å². The van der Waals surface area contributed by atoms with Crippen molar-refractivity contribution >= 4 is 16.7 Å². The van der Waals surface area contributed by atoms with Crippen LogP contribution in [0.25, 0.3) is 11.0 Å². The summed E-state index contributed by atoms with van der Waals surface area (Å²) in [4.78, 5) is 13.3. The molecule has 1 aromatic heterocycles. The van der Waals surface area contributed by atoms with Crippen LogP contribution in [0.15, 0.2) is 33.5 Å². The molecule has 0 saturated heterocycles. The average Bonchev–Trinajstić information content (AvgIpc) is 2.19. The summed E-state index contributed by atoms with van der Waals surface area (Å²) in [6.07, 6.45) is 0. The van der Waals surface area contributed by atoms with Gasteiger partial charge in [0.1, 0.15) is 5.58 Å². The van der Waals surface area contributed by atoms with Gasteiger partial charge in [0.15, 0.2) is 0 Å². The van der Waals surface area contributed by atoms with Crippen molar-refractivity contribution in [2.75, 3.05) is 19.0 Å². The molecular weight excluding hydrogens is 190 g/mol. The van der Waals surface area contributed by atoms with E-state index in [4.69, 9.17) is 4.42 Å². The van der Waals surface area contributed by atoms with Crippen LogP contribution in [0.1, 0.15) is 5.56 Å². The summed E-state index contributed by atoms with van der Waals surface area (Å²) in [5, 5.41) is 0.957. The molecule has 0 fully saturated rings. The third kappa shape index (κ3) is 1.73. The van der Waals surface area contributed by atoms with Crippen LogP contribution in [0.3, 0.4) is 0 Å². The molecule has 3 heteroatoms. The molecule has 15 heavy (non-hydrogen) atoms. The van der Waals surface area contributed by atoms with E-state index in [1.54, 1.807) is 6.92 Å². The highest BCUT2D eigenvalue weighted by Gasteiger charge is 2.02. The second kappa shape index (κ2) is 3.42. The summed E-state index contributed by atoms with van der Waals surface area (Å²) in [5.41, 5.74) is 2.10. The fourth-order valence-corrected chi connectivity index (χ4v) is 1.49. The summed E-state index contributed by atoms with van der Waals surface area (Å²) < 4.78 is 5.15. The Hall–Kier alpha value is -1.77. The van der Waals surface area contributed by atoms with Crippen LogP contribution in [0.4, 0.5) is 5.69 Å². The van der Waals surface area contributed by atoms with Gasteiger partial charge in [-0.1, -0.05) is 0 Å². The zero-order chi connectivity index (χ0) is 11.0. The first-order valence-electron chi connectivity index (χ1n) is 4.80. The number of benzene rings is 1. The molecule has 0 amide bonds. The van der Waals surface area contributed by atoms with Gasteiger partial charge in [0, 0.05) is 30.7 Å². The maximum Gasteiger partial charge on any atom is 0.339 e. The molecule has 0 N–H and O–H groups in total. The van der Waals surface area contributed by atoms with Crippen LogP contribution in [0.2, 0.25) is 0 Å². The normalized spacial score (nSPS) is 10.6. The Labute approximate surface area is 87.9 Å². The van der Waals surface area contributed by atoms with Crippen LogP contribution in [0, 0.1) is 6.92 Å². The van der Waals surface area contributed by atoms with E-state index in [9.17, 15) is 4.79 Å². The van der Waals surface area contributed by atoms with Gasteiger partial charge in [-0.05, 0) is 31.2 Å². The first kappa shape index (κ1) is 9.77. The minimum absolute atomic E-state index is 0.264. The zero-order valence-corrected chi connectivity index (χ0v) is 9.07. The van der Waals surface area contributed by atoms with Gasteiger partial charge in [-0.3, -0.25) is 0 Å². The number of anilines is 1. The highest BCUT2D eigenvalue weighted by molar-refractivity contribution is 5.81. The maximum atomic E-state index is 11.3. The Morgan fingerprint density at radius 1 is 1.20 bits per heavy atom. The number of aryl methyl sites for hydroxylation is 1. The third-order valence-corrected chi connectivity index (χ3v) is 2.41. The summed E-state index contributed by atoms with van der Waals surface area (Å²) in [5.74, 6) is 0. The van der Waals surface area contributed by atoms with Gasteiger partial charge in [-0.2, -0.15) is 0 Å². The summed E-state index contributed by atoms with van der Waals surface area (Å²) in [6, 6.07) is 7.62. The standard InChI is InChI=1S/C12H13NO2/c1-8-6-9-7-10(13(2)3)4-5-11(9)15-12(8)14/h4-7H,1-3H3. The van der Waals surface area contributed by atoms with E-state index in [-0.39, 0.29) is 5.63 Å². The Morgan fingerprint density at radius 2 is 1.93 bits per heavy atom. The van der Waals surface area contributed by atoms with Crippen molar-refractivity contribution in [2.24, 2.45) is 0 Å². The van der Waals surface area contributed by atoms with Gasteiger partial charge in [0.25, 0.3) is 0 Å². The van der Waals surface area contributed by atoms with E-state index < -0.39 is 0 Å². The van der Waals surface area contributed by atoms with Gasteiger partial charge in [0.2, 0.25) is 0 Å². The lowest BCUT2D eigenvalue weighted by atomic mass is 10.2. The van der Waals surface area contributed by atoms with Crippen molar-refractivity contribution in [3.05, 3.63) is 40.2 Å². The van der Waals surface area contributed by atoms with Crippen molar-refractivity contribution < 1.29 is 4.42 Å². The summed E-state index contributed by atoms with van der Waals surface area (Å²) in [6.45, 7) is 1.76. The molecule has 0 atom stereocenters. The summed E-state index contributed by atoms with van der Waals surface area (Å²) >= 11 is 0. The molecule has 0 unspecified atom stereocenters.